The lowest BCUT2D eigenvalue weighted by Gasteiger charge is -2.26. The summed E-state index contributed by atoms with van der Waals surface area (Å²) in [5.74, 6) is 0. The van der Waals surface area contributed by atoms with Crippen molar-refractivity contribution in [2.24, 2.45) is 0 Å². The van der Waals surface area contributed by atoms with Crippen LogP contribution in [0, 0.1) is 0 Å². The summed E-state index contributed by atoms with van der Waals surface area (Å²) in [6.45, 7) is 8.84. The predicted molar refractivity (Wildman–Crippen MR) is 127 cm³/mol. The Hall–Kier alpha value is -2.57. The molecule has 1 aromatic heterocycles. The van der Waals surface area contributed by atoms with Gasteiger partial charge in [-0.3, -0.25) is 4.98 Å². The van der Waals surface area contributed by atoms with Crippen molar-refractivity contribution in [3.8, 4) is 11.1 Å². The van der Waals surface area contributed by atoms with E-state index in [9.17, 15) is 4.79 Å². The number of hydrogen-bond acceptors (Lipinski definition) is 5. The molecule has 0 aliphatic carbocycles. The lowest BCUT2D eigenvalue weighted by molar-refractivity contribution is 0.0260. The summed E-state index contributed by atoms with van der Waals surface area (Å²) in [6, 6.07) is 16.9. The Morgan fingerprint density at radius 1 is 1.00 bits per heavy atom. The molecule has 3 aromatic rings. The number of fused-ring (bicyclic) bond motifs is 1. The number of benzene rings is 2. The number of carbonyl (C=O) groups excluding carboxylic acids is 1. The normalized spacial score (nSPS) is 15.6. The fraction of sp³-hybridized carbons (Fsp3) is 0.360. The van der Waals surface area contributed by atoms with Gasteiger partial charge in [0.15, 0.2) is 0 Å². The third kappa shape index (κ3) is 5.38. The summed E-state index contributed by atoms with van der Waals surface area (Å²) in [5, 5.41) is 2.34. The summed E-state index contributed by atoms with van der Waals surface area (Å²) in [5.41, 5.74) is 1.97. The number of amides is 1. The van der Waals surface area contributed by atoms with Crippen LogP contribution in [-0.2, 0) is 4.74 Å². The van der Waals surface area contributed by atoms with Gasteiger partial charge in [-0.25, -0.2) is 9.10 Å². The van der Waals surface area contributed by atoms with E-state index in [4.69, 9.17) is 4.74 Å². The molecule has 1 fully saturated rings. The van der Waals surface area contributed by atoms with Crippen LogP contribution in [0.1, 0.15) is 27.2 Å². The van der Waals surface area contributed by atoms with Crippen molar-refractivity contribution < 1.29 is 9.53 Å². The van der Waals surface area contributed by atoms with Crippen LogP contribution >= 0.6 is 11.9 Å². The number of nitrogens with zero attached hydrogens (tertiary/aromatic N) is 3. The molecule has 2 aromatic carbocycles. The SMILES string of the molecule is CC(C)(C)OC(=O)N1CCCN(Sc2ccc3cnccc3c2-c2ccccc2)CC1. The van der Waals surface area contributed by atoms with E-state index < -0.39 is 5.60 Å². The first-order chi connectivity index (χ1) is 14.9. The predicted octanol–water partition coefficient (Wildman–Crippen LogP) is 5.85. The Kier molecular flexibility index (Phi) is 6.49. The first kappa shape index (κ1) is 21.7. The van der Waals surface area contributed by atoms with Crippen LogP contribution in [0.3, 0.4) is 0 Å². The Bertz CT molecular complexity index is 1050. The standard InChI is InChI=1S/C25H29N3O2S/c1-25(2,3)30-24(29)27-14-7-15-28(17-16-27)31-22-11-10-20-18-26-13-12-21(20)23(22)19-8-5-4-6-9-19/h4-6,8-13,18H,7,14-17H2,1-3H3. The van der Waals surface area contributed by atoms with Crippen LogP contribution < -0.4 is 0 Å². The number of hydrogen-bond donors (Lipinski definition) is 0. The quantitative estimate of drug-likeness (QED) is 0.483. The molecule has 0 N–H and O–H groups in total. The maximum absolute atomic E-state index is 12.5. The maximum atomic E-state index is 12.5. The van der Waals surface area contributed by atoms with Crippen molar-refractivity contribution in [1.29, 1.82) is 0 Å². The van der Waals surface area contributed by atoms with E-state index in [0.717, 1.165) is 31.4 Å². The molecule has 0 saturated carbocycles. The van der Waals surface area contributed by atoms with Gasteiger partial charge in [-0.2, -0.15) is 0 Å². The molecule has 4 rings (SSSR count). The van der Waals surface area contributed by atoms with E-state index in [-0.39, 0.29) is 6.09 Å². The van der Waals surface area contributed by atoms with Gasteiger partial charge in [-0.1, -0.05) is 36.4 Å². The molecule has 0 atom stereocenters. The molecule has 162 valence electrons. The van der Waals surface area contributed by atoms with Crippen molar-refractivity contribution in [2.75, 3.05) is 26.2 Å². The Labute approximate surface area is 188 Å². The average Bonchev–Trinajstić information content (AvgIpc) is 2.99. The monoisotopic (exact) mass is 435 g/mol. The van der Waals surface area contributed by atoms with Crippen molar-refractivity contribution in [1.82, 2.24) is 14.2 Å². The molecule has 1 saturated heterocycles. The van der Waals surface area contributed by atoms with Crippen molar-refractivity contribution >= 4 is 28.8 Å². The van der Waals surface area contributed by atoms with E-state index in [1.807, 2.05) is 44.1 Å². The second-order valence-corrected chi connectivity index (χ2v) is 9.88. The zero-order chi connectivity index (χ0) is 21.8. The van der Waals surface area contributed by atoms with Gasteiger partial charge in [0, 0.05) is 54.4 Å². The molecule has 31 heavy (non-hydrogen) atoms. The minimum Gasteiger partial charge on any atom is -0.444 e. The highest BCUT2D eigenvalue weighted by Gasteiger charge is 2.25. The fourth-order valence-corrected chi connectivity index (χ4v) is 4.88. The number of pyridine rings is 1. The first-order valence-corrected chi connectivity index (χ1v) is 11.5. The van der Waals surface area contributed by atoms with Crippen LogP contribution in [0.25, 0.3) is 21.9 Å². The van der Waals surface area contributed by atoms with Crippen LogP contribution in [0.4, 0.5) is 4.79 Å². The molecule has 0 bridgehead atoms. The molecule has 6 heteroatoms. The zero-order valence-corrected chi connectivity index (χ0v) is 19.2. The fourth-order valence-electron chi connectivity index (χ4n) is 3.76. The van der Waals surface area contributed by atoms with Crippen LogP contribution in [0.2, 0.25) is 0 Å². The zero-order valence-electron chi connectivity index (χ0n) is 18.4. The molecule has 2 heterocycles. The van der Waals surface area contributed by atoms with Gasteiger partial charge in [-0.15, -0.1) is 0 Å². The van der Waals surface area contributed by atoms with Gasteiger partial charge in [0.1, 0.15) is 5.60 Å². The lowest BCUT2D eigenvalue weighted by Crippen LogP contribution is -2.38. The maximum Gasteiger partial charge on any atom is 0.410 e. The summed E-state index contributed by atoms with van der Waals surface area (Å²) in [4.78, 5) is 19.8. The summed E-state index contributed by atoms with van der Waals surface area (Å²) in [7, 11) is 0. The third-order valence-corrected chi connectivity index (χ3v) is 6.34. The van der Waals surface area contributed by atoms with E-state index in [0.29, 0.717) is 6.54 Å². The summed E-state index contributed by atoms with van der Waals surface area (Å²) < 4.78 is 7.93. The van der Waals surface area contributed by atoms with Gasteiger partial charge >= 0.3 is 6.09 Å². The number of rotatable bonds is 3. The van der Waals surface area contributed by atoms with Gasteiger partial charge < -0.3 is 9.64 Å². The second-order valence-electron chi connectivity index (χ2n) is 8.74. The Morgan fingerprint density at radius 3 is 2.58 bits per heavy atom. The molecule has 0 unspecified atom stereocenters. The molecule has 1 aliphatic heterocycles. The number of ether oxygens (including phenoxy) is 1. The lowest BCUT2D eigenvalue weighted by atomic mass is 9.99. The smallest absolute Gasteiger partial charge is 0.410 e. The van der Waals surface area contributed by atoms with Crippen molar-refractivity contribution in [2.45, 2.75) is 37.7 Å². The average molecular weight is 436 g/mol. The van der Waals surface area contributed by atoms with Gasteiger partial charge in [0.05, 0.1) is 0 Å². The highest BCUT2D eigenvalue weighted by Crippen LogP contribution is 2.38. The topological polar surface area (TPSA) is 45.7 Å². The van der Waals surface area contributed by atoms with E-state index in [1.54, 1.807) is 11.9 Å². The van der Waals surface area contributed by atoms with Gasteiger partial charge in [0.2, 0.25) is 0 Å². The largest absolute Gasteiger partial charge is 0.444 e. The van der Waals surface area contributed by atoms with Crippen LogP contribution in [-0.4, -0.2) is 52.1 Å². The van der Waals surface area contributed by atoms with E-state index in [2.05, 4.69) is 51.8 Å². The highest BCUT2D eigenvalue weighted by atomic mass is 32.2. The summed E-state index contributed by atoms with van der Waals surface area (Å²) in [6.07, 6.45) is 4.47. The molecule has 1 aliphatic rings. The van der Waals surface area contributed by atoms with Crippen molar-refractivity contribution in [3.63, 3.8) is 0 Å². The van der Waals surface area contributed by atoms with Gasteiger partial charge in [0.25, 0.3) is 0 Å². The van der Waals surface area contributed by atoms with Gasteiger partial charge in [-0.05, 0) is 62.2 Å². The van der Waals surface area contributed by atoms with Crippen LogP contribution in [0.15, 0.2) is 65.8 Å². The molecular weight excluding hydrogens is 406 g/mol. The molecule has 0 spiro atoms. The Balaban J connectivity index is 1.56. The molecule has 1 amide bonds. The third-order valence-electron chi connectivity index (χ3n) is 5.18. The molecule has 5 nitrogen and oxygen atoms in total. The second kappa shape index (κ2) is 9.28. The minimum atomic E-state index is -0.470. The van der Waals surface area contributed by atoms with Crippen LogP contribution in [0.5, 0.6) is 0 Å². The molecular formula is C25H29N3O2S. The summed E-state index contributed by atoms with van der Waals surface area (Å²) >= 11 is 1.78. The van der Waals surface area contributed by atoms with E-state index >= 15 is 0 Å². The number of aromatic nitrogens is 1. The highest BCUT2D eigenvalue weighted by molar-refractivity contribution is 7.97. The minimum absolute atomic E-state index is 0.220. The first-order valence-electron chi connectivity index (χ1n) is 10.7. The van der Waals surface area contributed by atoms with E-state index in [1.165, 1.54) is 21.4 Å². The number of carbonyl (C=O) groups is 1. The Morgan fingerprint density at radius 2 is 1.81 bits per heavy atom. The molecule has 0 radical (unpaired) electrons. The van der Waals surface area contributed by atoms with Crippen molar-refractivity contribution in [3.05, 3.63) is 60.9 Å².